The molecule has 0 spiro atoms. The Balaban J connectivity index is 1.76. The van der Waals surface area contributed by atoms with Crippen LogP contribution in [0.5, 0.6) is 0 Å². The van der Waals surface area contributed by atoms with Crippen LogP contribution in [0.1, 0.15) is 70.1 Å². The minimum absolute atomic E-state index is 0.00983. The topological polar surface area (TPSA) is 32.3 Å². The normalized spacial score (nSPS) is 29.0. The Kier molecular flexibility index (Phi) is 7.66. The van der Waals surface area contributed by atoms with Crippen LogP contribution in [0.2, 0.25) is 0 Å². The molecule has 1 saturated heterocycles. The Labute approximate surface area is 197 Å². The molecule has 1 N–H and O–H groups in total. The predicted molar refractivity (Wildman–Crippen MR) is 118 cm³/mol. The van der Waals surface area contributed by atoms with E-state index in [1.54, 1.807) is 0 Å². The second-order valence-electron chi connectivity index (χ2n) is 10.7. The van der Waals surface area contributed by atoms with E-state index in [4.69, 9.17) is 0 Å². The molecular formula is C25H34F6N2O. The Morgan fingerprint density at radius 2 is 1.56 bits per heavy atom. The minimum Gasteiger partial charge on any atom is -0.352 e. The number of benzene rings is 1. The largest absolute Gasteiger partial charge is 0.416 e. The van der Waals surface area contributed by atoms with Gasteiger partial charge < -0.3 is 5.32 Å². The molecule has 4 atom stereocenters. The summed E-state index contributed by atoms with van der Waals surface area (Å²) >= 11 is 0. The summed E-state index contributed by atoms with van der Waals surface area (Å²) in [7, 11) is 0. The lowest BCUT2D eigenvalue weighted by molar-refractivity contribution is -0.143. The van der Waals surface area contributed by atoms with Crippen molar-refractivity contribution in [2.75, 3.05) is 13.1 Å². The van der Waals surface area contributed by atoms with Crippen LogP contribution in [0.3, 0.4) is 0 Å². The highest BCUT2D eigenvalue weighted by atomic mass is 19.4. The number of hydrogen-bond acceptors (Lipinski definition) is 2. The fourth-order valence-corrected chi connectivity index (χ4v) is 5.84. The lowest BCUT2D eigenvalue weighted by Gasteiger charge is -2.40. The molecular weight excluding hydrogens is 458 g/mol. The molecule has 2 fully saturated rings. The van der Waals surface area contributed by atoms with Gasteiger partial charge in [-0.25, -0.2) is 0 Å². The van der Waals surface area contributed by atoms with Crippen molar-refractivity contribution in [1.82, 2.24) is 10.2 Å². The molecule has 1 aliphatic heterocycles. The number of carbonyl (C=O) groups excluding carboxylic acids is 1. The highest BCUT2D eigenvalue weighted by Gasteiger charge is 2.49. The second-order valence-corrected chi connectivity index (χ2v) is 10.7. The van der Waals surface area contributed by atoms with Crippen LogP contribution in [-0.2, 0) is 23.7 Å². The summed E-state index contributed by atoms with van der Waals surface area (Å²) in [6.45, 7) is 9.94. The first kappa shape index (κ1) is 26.8. The molecule has 2 aliphatic rings. The van der Waals surface area contributed by atoms with Gasteiger partial charge in [0.15, 0.2) is 0 Å². The third-order valence-corrected chi connectivity index (χ3v) is 7.59. The molecule has 1 aromatic carbocycles. The van der Waals surface area contributed by atoms with Crippen LogP contribution in [0.4, 0.5) is 26.3 Å². The van der Waals surface area contributed by atoms with Gasteiger partial charge in [-0.3, -0.25) is 9.69 Å². The molecule has 34 heavy (non-hydrogen) atoms. The monoisotopic (exact) mass is 492 g/mol. The van der Waals surface area contributed by atoms with Crippen molar-refractivity contribution < 1.29 is 31.1 Å². The van der Waals surface area contributed by atoms with Crippen molar-refractivity contribution in [2.24, 2.45) is 23.2 Å². The van der Waals surface area contributed by atoms with Crippen molar-refractivity contribution in [1.29, 1.82) is 0 Å². The van der Waals surface area contributed by atoms with Gasteiger partial charge >= 0.3 is 12.4 Å². The number of carbonyl (C=O) groups is 1. The molecule has 1 aromatic rings. The molecule has 1 amide bonds. The summed E-state index contributed by atoms with van der Waals surface area (Å²) in [5.74, 6) is 0.851. The highest BCUT2D eigenvalue weighted by Crippen LogP contribution is 2.47. The lowest BCUT2D eigenvalue weighted by Crippen LogP contribution is -2.47. The summed E-state index contributed by atoms with van der Waals surface area (Å²) in [4.78, 5) is 15.8. The smallest absolute Gasteiger partial charge is 0.352 e. The van der Waals surface area contributed by atoms with E-state index >= 15 is 0 Å². The van der Waals surface area contributed by atoms with Crippen molar-refractivity contribution >= 4 is 5.91 Å². The number of nitrogens with zero attached hydrogens (tertiary/aromatic N) is 1. The maximum absolute atomic E-state index is 13.3. The van der Waals surface area contributed by atoms with E-state index in [1.807, 2.05) is 13.8 Å². The first-order valence-corrected chi connectivity index (χ1v) is 11.9. The van der Waals surface area contributed by atoms with Crippen LogP contribution >= 0.6 is 0 Å². The van der Waals surface area contributed by atoms with Gasteiger partial charge in [-0.1, -0.05) is 27.7 Å². The number of nitrogens with one attached hydrogen (secondary N) is 1. The third-order valence-electron chi connectivity index (χ3n) is 7.59. The van der Waals surface area contributed by atoms with Crippen LogP contribution in [0.15, 0.2) is 18.2 Å². The van der Waals surface area contributed by atoms with Gasteiger partial charge in [-0.05, 0) is 67.2 Å². The molecule has 1 saturated carbocycles. The first-order chi connectivity index (χ1) is 15.6. The lowest BCUT2D eigenvalue weighted by atomic mass is 9.74. The number of alkyl halides is 6. The van der Waals surface area contributed by atoms with E-state index in [0.717, 1.165) is 19.5 Å². The first-order valence-electron chi connectivity index (χ1n) is 11.9. The van der Waals surface area contributed by atoms with E-state index < -0.39 is 28.9 Å². The second kappa shape index (κ2) is 9.70. The number of amides is 1. The van der Waals surface area contributed by atoms with Gasteiger partial charge in [-0.15, -0.1) is 0 Å². The fraction of sp³-hybridized carbons (Fsp3) is 0.720. The molecule has 9 heteroatoms. The Morgan fingerprint density at radius 1 is 1.03 bits per heavy atom. The zero-order valence-electron chi connectivity index (χ0n) is 20.1. The molecule has 4 unspecified atom stereocenters. The van der Waals surface area contributed by atoms with E-state index in [9.17, 15) is 31.1 Å². The molecule has 3 rings (SSSR count). The SMILES string of the molecule is CC1CC(C)CN(C2CCC(C(=O)NCc3cc(C(F)(F)F)cc(C(F)(F)F)c3)(C(C)C)C2)C1. The minimum atomic E-state index is -4.92. The van der Waals surface area contributed by atoms with Crippen molar-refractivity contribution in [3.8, 4) is 0 Å². The molecule has 1 aliphatic carbocycles. The number of rotatable bonds is 5. The van der Waals surface area contributed by atoms with Crippen molar-refractivity contribution in [3.05, 3.63) is 34.9 Å². The number of likely N-dealkylation sites (tertiary alicyclic amines) is 1. The zero-order chi connectivity index (χ0) is 25.5. The number of halogens is 6. The predicted octanol–water partition coefficient (Wildman–Crippen LogP) is 6.51. The van der Waals surface area contributed by atoms with Gasteiger partial charge in [0.25, 0.3) is 0 Å². The van der Waals surface area contributed by atoms with Crippen LogP contribution in [-0.4, -0.2) is 29.9 Å². The van der Waals surface area contributed by atoms with Crippen molar-refractivity contribution in [3.63, 3.8) is 0 Å². The van der Waals surface area contributed by atoms with E-state index in [2.05, 4.69) is 24.1 Å². The molecule has 0 radical (unpaired) electrons. The number of hydrogen-bond donors (Lipinski definition) is 1. The van der Waals surface area contributed by atoms with Crippen LogP contribution in [0.25, 0.3) is 0 Å². The maximum Gasteiger partial charge on any atom is 0.416 e. The van der Waals surface area contributed by atoms with Gasteiger partial charge in [0.2, 0.25) is 5.91 Å². The summed E-state index contributed by atoms with van der Waals surface area (Å²) < 4.78 is 79.0. The van der Waals surface area contributed by atoms with Gasteiger partial charge in [0.05, 0.1) is 16.5 Å². The Bertz CT molecular complexity index is 839. The Morgan fingerprint density at radius 3 is 2.03 bits per heavy atom. The highest BCUT2D eigenvalue weighted by molar-refractivity contribution is 5.83. The average Bonchev–Trinajstić information content (AvgIpc) is 3.17. The van der Waals surface area contributed by atoms with Crippen LogP contribution < -0.4 is 5.32 Å². The summed E-state index contributed by atoms with van der Waals surface area (Å²) in [6, 6.07) is 1.70. The molecule has 1 heterocycles. The molecule has 0 aromatic heterocycles. The quantitative estimate of drug-likeness (QED) is 0.475. The summed E-state index contributed by atoms with van der Waals surface area (Å²) in [6.07, 6.45) is -6.51. The van der Waals surface area contributed by atoms with Gasteiger partial charge in [0, 0.05) is 25.7 Å². The fourth-order valence-electron chi connectivity index (χ4n) is 5.84. The Hall–Kier alpha value is -1.77. The van der Waals surface area contributed by atoms with Crippen LogP contribution in [0, 0.1) is 23.2 Å². The average molecular weight is 493 g/mol. The van der Waals surface area contributed by atoms with E-state index in [1.165, 1.54) is 6.42 Å². The van der Waals surface area contributed by atoms with Gasteiger partial charge in [-0.2, -0.15) is 26.3 Å². The molecule has 192 valence electrons. The molecule has 0 bridgehead atoms. The zero-order valence-corrected chi connectivity index (χ0v) is 20.1. The summed E-state index contributed by atoms with van der Waals surface area (Å²) in [5, 5.41) is 2.67. The van der Waals surface area contributed by atoms with Crippen molar-refractivity contribution in [2.45, 2.75) is 78.3 Å². The standard InChI is InChI=1S/C25H34F6N2O/c1-15(2)23(6-5-21(11-23)33-13-16(3)7-17(4)14-33)22(34)32-12-18-8-19(24(26,27)28)10-20(9-18)25(29,30)31/h8-10,15-17,21H,5-7,11-14H2,1-4H3,(H,32,34). The third kappa shape index (κ3) is 5.89. The maximum atomic E-state index is 13.3. The van der Waals surface area contributed by atoms with Gasteiger partial charge in [0.1, 0.15) is 0 Å². The van der Waals surface area contributed by atoms with E-state index in [-0.39, 0.29) is 36.0 Å². The molecule has 3 nitrogen and oxygen atoms in total. The summed E-state index contributed by atoms with van der Waals surface area (Å²) in [5.41, 5.74) is -3.66. The number of piperidine rings is 1. The van der Waals surface area contributed by atoms with E-state index in [0.29, 0.717) is 36.8 Å².